The quantitative estimate of drug-likeness (QED) is 0.459. The van der Waals surface area contributed by atoms with Crippen molar-refractivity contribution in [2.75, 3.05) is 6.54 Å². The van der Waals surface area contributed by atoms with E-state index in [2.05, 4.69) is 5.32 Å². The normalized spacial score (nSPS) is 19.6. The van der Waals surface area contributed by atoms with Crippen LogP contribution < -0.4 is 5.32 Å². The number of imide groups is 1. The van der Waals surface area contributed by atoms with Crippen LogP contribution in [-0.2, 0) is 9.59 Å². The van der Waals surface area contributed by atoms with Crippen LogP contribution in [0.4, 0.5) is 0 Å². The molecule has 0 saturated carbocycles. The number of nitrogens with zero attached hydrogens (tertiary/aromatic N) is 1. The molecular weight excluding hydrogens is 230 g/mol. The zero-order valence-electron chi connectivity index (χ0n) is 10.1. The lowest BCUT2D eigenvalue weighted by Crippen LogP contribution is -2.59. The Kier molecular flexibility index (Phi) is 3.41. The largest absolute Gasteiger partial charge is 0.335 e. The third-order valence-electron chi connectivity index (χ3n) is 2.98. The molecule has 0 aromatic heterocycles. The third kappa shape index (κ3) is 2.25. The van der Waals surface area contributed by atoms with Crippen LogP contribution in [-0.4, -0.2) is 35.1 Å². The van der Waals surface area contributed by atoms with Gasteiger partial charge in [0.1, 0.15) is 11.9 Å². The maximum atomic E-state index is 11.7. The highest BCUT2D eigenvalue weighted by Gasteiger charge is 2.34. The summed E-state index contributed by atoms with van der Waals surface area (Å²) in [4.78, 5) is 24.7. The van der Waals surface area contributed by atoms with Gasteiger partial charge in [0.25, 0.3) is 0 Å². The Morgan fingerprint density at radius 1 is 1.39 bits per heavy atom. The molecule has 0 radical (unpaired) electrons. The first-order valence-electron chi connectivity index (χ1n) is 5.87. The van der Waals surface area contributed by atoms with Crippen molar-refractivity contribution in [1.82, 2.24) is 10.2 Å². The van der Waals surface area contributed by atoms with Gasteiger partial charge in [0.05, 0.1) is 6.54 Å². The van der Waals surface area contributed by atoms with E-state index >= 15 is 0 Å². The standard InChI is InChI=1S/C13H15N3O2/c1-2-10-13(18)15-11(17)8-16(10)12(14)9-6-4-3-5-7-9/h3-7,10,14H,2,8H2,1H3,(H,15,17,18). The molecule has 1 heterocycles. The Morgan fingerprint density at radius 3 is 2.67 bits per heavy atom. The molecule has 5 nitrogen and oxygen atoms in total. The van der Waals surface area contributed by atoms with Gasteiger partial charge in [-0.25, -0.2) is 0 Å². The van der Waals surface area contributed by atoms with Crippen LogP contribution in [0, 0.1) is 5.41 Å². The molecule has 1 aliphatic rings. The summed E-state index contributed by atoms with van der Waals surface area (Å²) in [5.41, 5.74) is 0.707. The van der Waals surface area contributed by atoms with E-state index in [0.717, 1.165) is 0 Å². The van der Waals surface area contributed by atoms with Gasteiger partial charge < -0.3 is 4.90 Å². The van der Waals surface area contributed by atoms with Crippen molar-refractivity contribution >= 4 is 17.6 Å². The first-order chi connectivity index (χ1) is 8.63. The predicted octanol–water partition coefficient (Wildman–Crippen LogP) is 0.749. The lowest BCUT2D eigenvalue weighted by Gasteiger charge is -2.35. The van der Waals surface area contributed by atoms with Crippen LogP contribution in [0.1, 0.15) is 18.9 Å². The summed E-state index contributed by atoms with van der Waals surface area (Å²) < 4.78 is 0. The molecule has 1 fully saturated rings. The molecule has 1 aromatic rings. The van der Waals surface area contributed by atoms with Gasteiger partial charge in [-0.1, -0.05) is 37.3 Å². The van der Waals surface area contributed by atoms with Gasteiger partial charge in [0.2, 0.25) is 11.8 Å². The van der Waals surface area contributed by atoms with E-state index in [1.807, 2.05) is 25.1 Å². The van der Waals surface area contributed by atoms with E-state index in [0.29, 0.717) is 12.0 Å². The molecule has 0 bridgehead atoms. The summed E-state index contributed by atoms with van der Waals surface area (Å²) in [6, 6.07) is 8.67. The maximum absolute atomic E-state index is 11.7. The van der Waals surface area contributed by atoms with Crippen LogP contribution >= 0.6 is 0 Å². The second-order valence-corrected chi connectivity index (χ2v) is 4.18. The van der Waals surface area contributed by atoms with Crippen molar-refractivity contribution < 1.29 is 9.59 Å². The molecule has 5 heteroatoms. The summed E-state index contributed by atoms with van der Waals surface area (Å²) in [6.07, 6.45) is 0.564. The molecule has 94 valence electrons. The van der Waals surface area contributed by atoms with Gasteiger partial charge in [-0.3, -0.25) is 20.3 Å². The Hall–Kier alpha value is -2.17. The van der Waals surface area contributed by atoms with Gasteiger partial charge in [0.15, 0.2) is 0 Å². The molecule has 18 heavy (non-hydrogen) atoms. The van der Waals surface area contributed by atoms with Crippen molar-refractivity contribution in [2.45, 2.75) is 19.4 Å². The van der Waals surface area contributed by atoms with E-state index in [4.69, 9.17) is 5.41 Å². The monoisotopic (exact) mass is 245 g/mol. The molecule has 2 N–H and O–H groups in total. The first kappa shape index (κ1) is 12.3. The van der Waals surface area contributed by atoms with Crippen molar-refractivity contribution in [1.29, 1.82) is 5.41 Å². The van der Waals surface area contributed by atoms with Crippen LogP contribution in [0.15, 0.2) is 30.3 Å². The molecule has 2 rings (SSSR count). The molecule has 0 spiro atoms. The summed E-state index contributed by atoms with van der Waals surface area (Å²) in [6.45, 7) is 1.92. The zero-order valence-corrected chi connectivity index (χ0v) is 10.1. The van der Waals surface area contributed by atoms with Crippen LogP contribution in [0.25, 0.3) is 0 Å². The minimum Gasteiger partial charge on any atom is -0.335 e. The van der Waals surface area contributed by atoms with Gasteiger partial charge in [0, 0.05) is 5.56 Å². The highest BCUT2D eigenvalue weighted by molar-refractivity contribution is 6.07. The number of hydrogen-bond donors (Lipinski definition) is 2. The fourth-order valence-corrected chi connectivity index (χ4v) is 2.07. The Morgan fingerprint density at radius 2 is 2.06 bits per heavy atom. The Bertz CT molecular complexity index is 484. The number of carbonyl (C=O) groups excluding carboxylic acids is 2. The molecule has 2 amide bonds. The fraction of sp³-hybridized carbons (Fsp3) is 0.308. The summed E-state index contributed by atoms with van der Waals surface area (Å²) in [5.74, 6) is -0.467. The van der Waals surface area contributed by atoms with Crippen molar-refractivity contribution in [3.05, 3.63) is 35.9 Å². The summed E-state index contributed by atoms with van der Waals surface area (Å²) >= 11 is 0. The van der Waals surface area contributed by atoms with Crippen LogP contribution in [0.3, 0.4) is 0 Å². The fourth-order valence-electron chi connectivity index (χ4n) is 2.07. The van der Waals surface area contributed by atoms with Crippen LogP contribution in [0.5, 0.6) is 0 Å². The number of rotatable bonds is 2. The first-order valence-corrected chi connectivity index (χ1v) is 5.87. The molecule has 1 unspecified atom stereocenters. The number of benzene rings is 1. The number of amidine groups is 1. The molecule has 1 saturated heterocycles. The number of hydrogen-bond acceptors (Lipinski definition) is 3. The van der Waals surface area contributed by atoms with Gasteiger partial charge >= 0.3 is 0 Å². The maximum Gasteiger partial charge on any atom is 0.249 e. The third-order valence-corrected chi connectivity index (χ3v) is 2.98. The van der Waals surface area contributed by atoms with Gasteiger partial charge in [-0.05, 0) is 6.42 Å². The SMILES string of the molecule is CCC1C(=O)NC(=O)CN1C(=N)c1ccccc1. The average molecular weight is 245 g/mol. The Balaban J connectivity index is 2.27. The molecule has 1 atom stereocenters. The number of nitrogens with one attached hydrogen (secondary N) is 2. The number of carbonyl (C=O) groups is 2. The topological polar surface area (TPSA) is 73.3 Å². The second-order valence-electron chi connectivity index (χ2n) is 4.18. The molecule has 1 aliphatic heterocycles. The highest BCUT2D eigenvalue weighted by atomic mass is 16.2. The van der Waals surface area contributed by atoms with Gasteiger partial charge in [-0.2, -0.15) is 0 Å². The zero-order chi connectivity index (χ0) is 13.1. The minimum absolute atomic E-state index is 0.0535. The van der Waals surface area contributed by atoms with Crippen molar-refractivity contribution in [2.24, 2.45) is 0 Å². The van der Waals surface area contributed by atoms with Crippen LogP contribution in [0.2, 0.25) is 0 Å². The van der Waals surface area contributed by atoms with E-state index in [9.17, 15) is 9.59 Å². The van der Waals surface area contributed by atoms with Crippen molar-refractivity contribution in [3.63, 3.8) is 0 Å². The van der Waals surface area contributed by atoms with E-state index < -0.39 is 6.04 Å². The van der Waals surface area contributed by atoms with E-state index in [1.54, 1.807) is 17.0 Å². The molecule has 0 aliphatic carbocycles. The van der Waals surface area contributed by atoms with Crippen molar-refractivity contribution in [3.8, 4) is 0 Å². The predicted molar refractivity (Wildman–Crippen MR) is 67.2 cm³/mol. The molecular formula is C13H15N3O2. The van der Waals surface area contributed by atoms with Gasteiger partial charge in [-0.15, -0.1) is 0 Å². The summed E-state index contributed by atoms with van der Waals surface area (Å²) in [7, 11) is 0. The van der Waals surface area contributed by atoms with E-state index in [-0.39, 0.29) is 24.2 Å². The summed E-state index contributed by atoms with van der Waals surface area (Å²) in [5, 5.41) is 10.4. The second kappa shape index (κ2) is 5.00. The lowest BCUT2D eigenvalue weighted by atomic mass is 10.1. The number of piperazine rings is 1. The molecule has 1 aromatic carbocycles. The smallest absolute Gasteiger partial charge is 0.249 e. The lowest BCUT2D eigenvalue weighted by molar-refractivity contribution is -0.137. The average Bonchev–Trinajstić information content (AvgIpc) is 2.38. The highest BCUT2D eigenvalue weighted by Crippen LogP contribution is 2.13. The Labute approximate surface area is 105 Å². The van der Waals surface area contributed by atoms with E-state index in [1.165, 1.54) is 0 Å². The minimum atomic E-state index is -0.449. The number of amides is 2.